The Morgan fingerprint density at radius 1 is 1.16 bits per heavy atom. The first kappa shape index (κ1) is 19.9. The van der Waals surface area contributed by atoms with Crippen LogP contribution in [0, 0.1) is 9.49 Å². The van der Waals surface area contributed by atoms with Crippen molar-refractivity contribution in [3.63, 3.8) is 0 Å². The zero-order chi connectivity index (χ0) is 21.5. The lowest BCUT2D eigenvalue weighted by atomic mass is 9.85. The summed E-state index contributed by atoms with van der Waals surface area (Å²) < 4.78 is 5.06. The average molecular weight is 538 g/mol. The Labute approximate surface area is 198 Å². The Kier molecular flexibility index (Phi) is 5.14. The number of rotatable bonds is 7. The Morgan fingerprint density at radius 2 is 2.09 bits per heavy atom. The van der Waals surface area contributed by atoms with Crippen LogP contribution in [0.3, 0.4) is 0 Å². The van der Waals surface area contributed by atoms with E-state index >= 15 is 0 Å². The van der Waals surface area contributed by atoms with Crippen molar-refractivity contribution in [2.24, 2.45) is 5.92 Å². The number of fused-ring (bicyclic) bond motifs is 2. The maximum Gasteiger partial charge on any atom is 0.137 e. The summed E-state index contributed by atoms with van der Waals surface area (Å²) in [5.41, 5.74) is 6.03. The largest absolute Gasteiger partial charge is 0.312 e. The van der Waals surface area contributed by atoms with E-state index in [-0.39, 0.29) is 0 Å². The van der Waals surface area contributed by atoms with E-state index in [1.54, 1.807) is 0 Å². The third-order valence-corrected chi connectivity index (χ3v) is 6.83. The quantitative estimate of drug-likeness (QED) is 0.306. The van der Waals surface area contributed by atoms with Crippen molar-refractivity contribution < 1.29 is 0 Å². The van der Waals surface area contributed by atoms with E-state index in [0.717, 1.165) is 56.1 Å². The third kappa shape index (κ3) is 3.90. The number of nitrogens with one attached hydrogen (secondary N) is 2. The van der Waals surface area contributed by atoms with Crippen LogP contribution in [0.15, 0.2) is 49.1 Å². The van der Waals surface area contributed by atoms with Gasteiger partial charge in [-0.3, -0.25) is 5.10 Å². The van der Waals surface area contributed by atoms with Crippen LogP contribution < -0.4 is 5.32 Å². The number of benzene rings is 1. The minimum atomic E-state index is 0.572. The van der Waals surface area contributed by atoms with Gasteiger partial charge in [0, 0.05) is 33.5 Å². The number of imidazole rings is 1. The van der Waals surface area contributed by atoms with Gasteiger partial charge in [-0.1, -0.05) is 17.7 Å². The van der Waals surface area contributed by atoms with Crippen molar-refractivity contribution in [1.29, 1.82) is 0 Å². The highest BCUT2D eigenvalue weighted by atomic mass is 127. The number of aromatic nitrogens is 7. The lowest BCUT2D eigenvalue weighted by Gasteiger charge is -2.25. The first-order valence-corrected chi connectivity index (χ1v) is 12.0. The van der Waals surface area contributed by atoms with Crippen LogP contribution in [-0.4, -0.2) is 41.1 Å². The molecular formula is C23H23IN8. The molecule has 0 bridgehead atoms. The molecule has 9 heteroatoms. The highest BCUT2D eigenvalue weighted by Crippen LogP contribution is 2.28. The Balaban J connectivity index is 1.19. The first-order chi connectivity index (χ1) is 15.7. The lowest BCUT2D eigenvalue weighted by Crippen LogP contribution is -2.26. The normalized spacial score (nSPS) is 14.4. The molecule has 0 amide bonds. The van der Waals surface area contributed by atoms with Crippen molar-refractivity contribution in [3.05, 3.63) is 63.9 Å². The molecule has 4 aromatic heterocycles. The maximum absolute atomic E-state index is 4.76. The van der Waals surface area contributed by atoms with Crippen molar-refractivity contribution in [2.75, 3.05) is 6.54 Å². The summed E-state index contributed by atoms with van der Waals surface area (Å²) in [7, 11) is 0. The van der Waals surface area contributed by atoms with Gasteiger partial charge in [-0.25, -0.2) is 9.67 Å². The van der Waals surface area contributed by atoms with Gasteiger partial charge in [-0.05, 0) is 71.7 Å². The molecule has 1 fully saturated rings. The third-order valence-electron chi connectivity index (χ3n) is 6.21. The molecule has 4 heterocycles. The van der Waals surface area contributed by atoms with Crippen LogP contribution in [0.2, 0.25) is 0 Å². The number of aromatic amines is 1. The van der Waals surface area contributed by atoms with E-state index in [1.807, 2.05) is 17.1 Å². The van der Waals surface area contributed by atoms with E-state index in [2.05, 4.69) is 89.5 Å². The number of hydrogen-bond acceptors (Lipinski definition) is 5. The molecule has 1 aliphatic rings. The molecule has 0 unspecified atom stereocenters. The van der Waals surface area contributed by atoms with Crippen LogP contribution in [0.4, 0.5) is 0 Å². The van der Waals surface area contributed by atoms with Crippen molar-refractivity contribution in [2.45, 2.75) is 32.4 Å². The van der Waals surface area contributed by atoms with Crippen molar-refractivity contribution >= 4 is 39.1 Å². The van der Waals surface area contributed by atoms with Crippen LogP contribution >= 0.6 is 22.6 Å². The summed E-state index contributed by atoms with van der Waals surface area (Å²) in [6.07, 6.45) is 12.2. The molecular weight excluding hydrogens is 515 g/mol. The highest BCUT2D eigenvalue weighted by Gasteiger charge is 2.16. The number of pyridine rings is 1. The molecule has 0 spiro atoms. The Hall–Kier alpha value is -2.79. The minimum Gasteiger partial charge on any atom is -0.312 e. The highest BCUT2D eigenvalue weighted by molar-refractivity contribution is 14.1. The predicted octanol–water partition coefficient (Wildman–Crippen LogP) is 4.01. The van der Waals surface area contributed by atoms with Crippen LogP contribution in [0.1, 0.15) is 30.5 Å². The summed E-state index contributed by atoms with van der Waals surface area (Å²) >= 11 is 2.31. The number of hydrogen-bond donors (Lipinski definition) is 2. The number of H-pyrrole nitrogens is 1. The van der Waals surface area contributed by atoms with E-state index < -0.39 is 0 Å². The van der Waals surface area contributed by atoms with Crippen molar-refractivity contribution in [1.82, 2.24) is 39.9 Å². The molecule has 0 aliphatic heterocycles. The summed E-state index contributed by atoms with van der Waals surface area (Å²) in [6.45, 7) is 2.58. The van der Waals surface area contributed by atoms with Gasteiger partial charge >= 0.3 is 0 Å². The zero-order valence-corrected chi connectivity index (χ0v) is 19.7. The second-order valence-corrected chi connectivity index (χ2v) is 9.79. The topological polar surface area (TPSA) is 88.7 Å². The summed E-state index contributed by atoms with van der Waals surface area (Å²) in [6, 6.07) is 8.42. The zero-order valence-electron chi connectivity index (χ0n) is 17.5. The van der Waals surface area contributed by atoms with E-state index in [9.17, 15) is 0 Å². The lowest BCUT2D eigenvalue weighted by molar-refractivity contribution is 0.301. The van der Waals surface area contributed by atoms with E-state index in [1.165, 1.54) is 24.8 Å². The molecule has 6 rings (SSSR count). The van der Waals surface area contributed by atoms with Gasteiger partial charge in [0.2, 0.25) is 0 Å². The summed E-state index contributed by atoms with van der Waals surface area (Å²) in [4.78, 5) is 4.76. The minimum absolute atomic E-state index is 0.572. The molecule has 162 valence electrons. The molecule has 5 aromatic rings. The predicted molar refractivity (Wildman–Crippen MR) is 131 cm³/mol. The maximum atomic E-state index is 4.76. The van der Waals surface area contributed by atoms with E-state index in [4.69, 9.17) is 4.98 Å². The smallest absolute Gasteiger partial charge is 0.137 e. The fourth-order valence-corrected chi connectivity index (χ4v) is 4.90. The molecule has 0 atom stereocenters. The standard InChI is InChI=1S/C23H23IN8/c24-17-6-19(20-10-26-28-21(20)7-17)22-14-32(30-29-22)13-18-12-31-11-16(4-5-23(31)27-18)9-25-8-15-2-1-3-15/h4-7,10-12,14-15,25H,1-3,8-9,13H2,(H,26,28). The first-order valence-electron chi connectivity index (χ1n) is 10.9. The van der Waals surface area contributed by atoms with Crippen LogP contribution in [-0.2, 0) is 13.1 Å². The SMILES string of the molecule is Ic1cc(-c2cn(Cc3cn4cc(CNCC5CCC5)ccc4n3)nn2)c2cn[nH]c2c1. The fraction of sp³-hybridized carbons (Fsp3) is 0.304. The molecule has 0 saturated heterocycles. The molecule has 32 heavy (non-hydrogen) atoms. The molecule has 0 radical (unpaired) electrons. The summed E-state index contributed by atoms with van der Waals surface area (Å²) in [5, 5.41) is 20.6. The van der Waals surface area contributed by atoms with Gasteiger partial charge < -0.3 is 9.72 Å². The average Bonchev–Trinajstić information content (AvgIpc) is 3.48. The molecule has 1 aliphatic carbocycles. The van der Waals surface area contributed by atoms with E-state index in [0.29, 0.717) is 6.54 Å². The van der Waals surface area contributed by atoms with Gasteiger partial charge in [0.15, 0.2) is 0 Å². The molecule has 2 N–H and O–H groups in total. The Bertz CT molecular complexity index is 1390. The number of nitrogens with zero attached hydrogens (tertiary/aromatic N) is 6. The second kappa shape index (κ2) is 8.28. The fourth-order valence-electron chi connectivity index (χ4n) is 4.28. The van der Waals surface area contributed by atoms with Gasteiger partial charge in [0.25, 0.3) is 0 Å². The number of halogens is 1. The monoisotopic (exact) mass is 538 g/mol. The van der Waals surface area contributed by atoms with Crippen LogP contribution in [0.25, 0.3) is 27.8 Å². The van der Waals surface area contributed by atoms with Gasteiger partial charge in [0.1, 0.15) is 11.3 Å². The van der Waals surface area contributed by atoms with Gasteiger partial charge in [-0.15, -0.1) is 5.10 Å². The molecule has 1 saturated carbocycles. The van der Waals surface area contributed by atoms with Gasteiger partial charge in [0.05, 0.1) is 30.1 Å². The second-order valence-electron chi connectivity index (χ2n) is 8.55. The molecule has 8 nitrogen and oxygen atoms in total. The van der Waals surface area contributed by atoms with Crippen molar-refractivity contribution in [3.8, 4) is 11.3 Å². The Morgan fingerprint density at radius 3 is 2.97 bits per heavy atom. The van der Waals surface area contributed by atoms with Crippen LogP contribution in [0.5, 0.6) is 0 Å². The molecule has 1 aromatic carbocycles. The summed E-state index contributed by atoms with van der Waals surface area (Å²) in [5.74, 6) is 0.870. The van der Waals surface area contributed by atoms with Gasteiger partial charge in [-0.2, -0.15) is 5.10 Å².